The molecule has 2 aromatic rings. The molecule has 5 nitrogen and oxygen atoms in total. The van der Waals surface area contributed by atoms with E-state index in [2.05, 4.69) is 4.98 Å². The molecule has 0 unspecified atom stereocenters. The van der Waals surface area contributed by atoms with Crippen molar-refractivity contribution >= 4 is 0 Å². The van der Waals surface area contributed by atoms with Crippen molar-refractivity contribution in [3.63, 3.8) is 0 Å². The van der Waals surface area contributed by atoms with Crippen LogP contribution in [0.1, 0.15) is 25.6 Å². The van der Waals surface area contributed by atoms with Crippen LogP contribution in [0.25, 0.3) is 0 Å². The molecule has 0 saturated heterocycles. The van der Waals surface area contributed by atoms with Gasteiger partial charge in [0.05, 0.1) is 0 Å². The third-order valence-electron chi connectivity index (χ3n) is 3.61. The van der Waals surface area contributed by atoms with Crippen LogP contribution in [0.2, 0.25) is 0 Å². The zero-order valence-corrected chi connectivity index (χ0v) is 11.4. The Morgan fingerprint density at radius 1 is 1.30 bits per heavy atom. The molecule has 0 bridgehead atoms. The van der Waals surface area contributed by atoms with Crippen LogP contribution in [0.15, 0.2) is 47.5 Å². The van der Waals surface area contributed by atoms with Gasteiger partial charge in [0.15, 0.2) is 0 Å². The largest absolute Gasteiger partial charge is 0.483 e. The van der Waals surface area contributed by atoms with Crippen molar-refractivity contribution < 1.29 is 9.84 Å². The van der Waals surface area contributed by atoms with Gasteiger partial charge in [-0.3, -0.25) is 9.78 Å². The highest BCUT2D eigenvalue weighted by Gasteiger charge is 2.44. The first-order chi connectivity index (χ1) is 9.50. The average molecular weight is 272 g/mol. The van der Waals surface area contributed by atoms with E-state index in [9.17, 15) is 9.90 Å². The lowest BCUT2D eigenvalue weighted by Gasteiger charge is -2.41. The monoisotopic (exact) mass is 272 g/mol. The number of aliphatic hydroxyl groups excluding tert-OH is 1. The second kappa shape index (κ2) is 4.45. The summed E-state index contributed by atoms with van der Waals surface area (Å²) >= 11 is 0. The van der Waals surface area contributed by atoms with Crippen LogP contribution in [0, 0.1) is 0 Å². The molecule has 0 aromatic carbocycles. The van der Waals surface area contributed by atoms with Gasteiger partial charge in [0.1, 0.15) is 29.2 Å². The van der Waals surface area contributed by atoms with E-state index in [1.165, 1.54) is 10.6 Å². The number of pyridine rings is 2. The third-order valence-corrected chi connectivity index (χ3v) is 3.61. The molecular formula is C15H16N2O3. The van der Waals surface area contributed by atoms with Gasteiger partial charge < -0.3 is 14.4 Å². The van der Waals surface area contributed by atoms with Crippen LogP contribution in [-0.4, -0.2) is 26.4 Å². The highest BCUT2D eigenvalue weighted by molar-refractivity contribution is 5.35. The zero-order chi connectivity index (χ0) is 14.3. The summed E-state index contributed by atoms with van der Waals surface area (Å²) in [6.07, 6.45) is 2.43. The van der Waals surface area contributed by atoms with Crippen LogP contribution >= 0.6 is 0 Å². The Hall–Kier alpha value is -2.14. The third kappa shape index (κ3) is 1.91. The number of ether oxygens (including phenoxy) is 1. The van der Waals surface area contributed by atoms with Crippen LogP contribution in [0.5, 0.6) is 5.75 Å². The molecule has 104 valence electrons. The molecule has 0 amide bonds. The van der Waals surface area contributed by atoms with Gasteiger partial charge in [-0.1, -0.05) is 6.07 Å². The van der Waals surface area contributed by atoms with Crippen molar-refractivity contribution in [1.82, 2.24) is 9.55 Å². The van der Waals surface area contributed by atoms with E-state index < -0.39 is 17.7 Å². The van der Waals surface area contributed by atoms with Gasteiger partial charge in [-0.05, 0) is 32.0 Å². The predicted molar refractivity (Wildman–Crippen MR) is 73.8 cm³/mol. The molecule has 5 heteroatoms. The van der Waals surface area contributed by atoms with Gasteiger partial charge >= 0.3 is 0 Å². The maximum Gasteiger partial charge on any atom is 0.251 e. The fraction of sp³-hybridized carbons (Fsp3) is 0.333. The first kappa shape index (κ1) is 12.9. The summed E-state index contributed by atoms with van der Waals surface area (Å²) in [5, 5.41) is 10.6. The zero-order valence-electron chi connectivity index (χ0n) is 11.4. The van der Waals surface area contributed by atoms with Gasteiger partial charge in [-0.15, -0.1) is 0 Å². The molecule has 1 aliphatic rings. The maximum atomic E-state index is 12.1. The number of hydrogen-bond donors (Lipinski definition) is 1. The molecule has 2 aromatic heterocycles. The van der Waals surface area contributed by atoms with Crippen LogP contribution in [-0.2, 0) is 0 Å². The minimum atomic E-state index is -0.870. The Kier molecular flexibility index (Phi) is 2.87. The van der Waals surface area contributed by atoms with Gasteiger partial charge in [-0.2, -0.15) is 0 Å². The van der Waals surface area contributed by atoms with Crippen LogP contribution in [0.3, 0.4) is 0 Å². The van der Waals surface area contributed by atoms with E-state index >= 15 is 0 Å². The standard InChI is InChI=1S/C15H16N2O3/c1-15(2)14(19)13(17-9-4-3-7-11(17)18)12-10(20-15)6-5-8-16-12/h3-9,13-14,19H,1-2H3/t13-,14+/m1/s1. The molecule has 2 atom stereocenters. The summed E-state index contributed by atoms with van der Waals surface area (Å²) in [5.74, 6) is 0.601. The number of fused-ring (bicyclic) bond motifs is 1. The van der Waals surface area contributed by atoms with Crippen LogP contribution < -0.4 is 10.3 Å². The van der Waals surface area contributed by atoms with Crippen molar-refractivity contribution in [3.8, 4) is 5.75 Å². The number of aliphatic hydroxyl groups is 1. The van der Waals surface area contributed by atoms with Gasteiger partial charge in [0, 0.05) is 18.5 Å². The SMILES string of the molecule is CC1(C)Oc2cccnc2[C@@H](n2ccccc2=O)[C@@H]1O. The summed E-state index contributed by atoms with van der Waals surface area (Å²) in [6.45, 7) is 3.60. The summed E-state index contributed by atoms with van der Waals surface area (Å²) in [6, 6.07) is 7.93. The molecule has 0 saturated carbocycles. The Morgan fingerprint density at radius 3 is 2.85 bits per heavy atom. The summed E-state index contributed by atoms with van der Waals surface area (Å²) in [4.78, 5) is 16.4. The normalized spacial score (nSPS) is 23.8. The fourth-order valence-electron chi connectivity index (χ4n) is 2.54. The lowest BCUT2D eigenvalue weighted by atomic mass is 9.89. The molecule has 0 fully saturated rings. The molecule has 0 radical (unpaired) electrons. The number of aromatic nitrogens is 2. The number of hydrogen-bond acceptors (Lipinski definition) is 4. The highest BCUT2D eigenvalue weighted by atomic mass is 16.5. The van der Waals surface area contributed by atoms with Crippen molar-refractivity contribution in [1.29, 1.82) is 0 Å². The summed E-state index contributed by atoms with van der Waals surface area (Å²) in [5.41, 5.74) is -0.394. The smallest absolute Gasteiger partial charge is 0.251 e. The van der Waals surface area contributed by atoms with E-state index in [0.29, 0.717) is 11.4 Å². The minimum absolute atomic E-state index is 0.175. The molecule has 3 heterocycles. The summed E-state index contributed by atoms with van der Waals surface area (Å²) < 4.78 is 7.30. The molecule has 3 rings (SSSR count). The molecule has 20 heavy (non-hydrogen) atoms. The molecule has 0 aliphatic carbocycles. The fourth-order valence-corrected chi connectivity index (χ4v) is 2.54. The second-order valence-corrected chi connectivity index (χ2v) is 5.43. The van der Waals surface area contributed by atoms with Gasteiger partial charge in [-0.25, -0.2) is 0 Å². The maximum absolute atomic E-state index is 12.1. The Bertz CT molecular complexity index is 693. The van der Waals surface area contributed by atoms with E-state index in [1.54, 1.807) is 50.5 Å². The highest BCUT2D eigenvalue weighted by Crippen LogP contribution is 2.39. The molecule has 1 N–H and O–H groups in total. The lowest BCUT2D eigenvalue weighted by molar-refractivity contribution is -0.0658. The Labute approximate surface area is 116 Å². The molecular weight excluding hydrogens is 256 g/mol. The average Bonchev–Trinajstić information content (AvgIpc) is 2.41. The second-order valence-electron chi connectivity index (χ2n) is 5.43. The van der Waals surface area contributed by atoms with Crippen LogP contribution in [0.4, 0.5) is 0 Å². The Balaban J connectivity index is 2.23. The van der Waals surface area contributed by atoms with Crippen molar-refractivity contribution in [2.45, 2.75) is 31.6 Å². The van der Waals surface area contributed by atoms with E-state index in [0.717, 1.165) is 0 Å². The number of rotatable bonds is 1. The van der Waals surface area contributed by atoms with Crippen molar-refractivity contribution in [3.05, 3.63) is 58.8 Å². The minimum Gasteiger partial charge on any atom is -0.483 e. The first-order valence-electron chi connectivity index (χ1n) is 6.50. The lowest BCUT2D eigenvalue weighted by Crippen LogP contribution is -2.52. The summed E-state index contributed by atoms with van der Waals surface area (Å²) in [7, 11) is 0. The van der Waals surface area contributed by atoms with E-state index in [1.807, 2.05) is 0 Å². The van der Waals surface area contributed by atoms with E-state index in [-0.39, 0.29) is 5.56 Å². The van der Waals surface area contributed by atoms with Gasteiger partial charge in [0.25, 0.3) is 5.56 Å². The topological polar surface area (TPSA) is 64.4 Å². The predicted octanol–water partition coefficient (Wildman–Crippen LogP) is 1.36. The van der Waals surface area contributed by atoms with E-state index in [4.69, 9.17) is 4.74 Å². The number of nitrogens with zero attached hydrogens (tertiary/aromatic N) is 2. The molecule has 1 aliphatic heterocycles. The van der Waals surface area contributed by atoms with Crippen molar-refractivity contribution in [2.24, 2.45) is 0 Å². The van der Waals surface area contributed by atoms with Crippen molar-refractivity contribution in [2.75, 3.05) is 0 Å². The quantitative estimate of drug-likeness (QED) is 0.851. The first-order valence-corrected chi connectivity index (χ1v) is 6.50. The Morgan fingerprint density at radius 2 is 2.10 bits per heavy atom. The molecule has 0 spiro atoms. The van der Waals surface area contributed by atoms with Gasteiger partial charge in [0.2, 0.25) is 0 Å².